The van der Waals surface area contributed by atoms with Crippen LogP contribution in [0.1, 0.15) is 10.4 Å². The van der Waals surface area contributed by atoms with E-state index in [-0.39, 0.29) is 22.8 Å². The van der Waals surface area contributed by atoms with Gasteiger partial charge in [-0.2, -0.15) is 4.98 Å². The molecule has 3 rings (SSSR count). The molecule has 0 saturated heterocycles. The highest BCUT2D eigenvalue weighted by Gasteiger charge is 2.15. The van der Waals surface area contributed by atoms with Gasteiger partial charge in [-0.15, -0.1) is 0 Å². The van der Waals surface area contributed by atoms with E-state index < -0.39 is 17.6 Å². The maximum atomic E-state index is 13.7. The molecule has 110 valence electrons. The van der Waals surface area contributed by atoms with E-state index in [1.807, 2.05) is 0 Å². The van der Waals surface area contributed by atoms with Gasteiger partial charge in [0.05, 0.1) is 11.1 Å². The van der Waals surface area contributed by atoms with E-state index in [2.05, 4.69) is 10.1 Å². The van der Waals surface area contributed by atoms with Crippen LogP contribution in [-0.4, -0.2) is 21.2 Å². The van der Waals surface area contributed by atoms with Gasteiger partial charge >= 0.3 is 5.97 Å². The van der Waals surface area contributed by atoms with Crippen molar-refractivity contribution in [3.8, 4) is 22.8 Å². The van der Waals surface area contributed by atoms with Crippen LogP contribution in [0.25, 0.3) is 22.8 Å². The number of aromatic carboxylic acids is 1. The Bertz CT molecular complexity index is 861. The van der Waals surface area contributed by atoms with Crippen molar-refractivity contribution in [1.82, 2.24) is 10.1 Å². The lowest BCUT2D eigenvalue weighted by molar-refractivity contribution is 0.0697. The Balaban J connectivity index is 2.00. The Morgan fingerprint density at radius 2 is 1.95 bits per heavy atom. The number of benzene rings is 2. The molecule has 0 saturated carbocycles. The van der Waals surface area contributed by atoms with E-state index in [1.165, 1.54) is 24.3 Å². The molecule has 0 spiro atoms. The highest BCUT2D eigenvalue weighted by molar-refractivity contribution is 5.89. The standard InChI is InChI=1S/C15H8F2N2O3/c16-10-4-5-11(12(17)7-10)13-18-14(22-19-13)8-2-1-3-9(6-8)15(20)21/h1-7H,(H,20,21). The van der Waals surface area contributed by atoms with Gasteiger partial charge in [0.15, 0.2) is 0 Å². The van der Waals surface area contributed by atoms with Crippen molar-refractivity contribution in [3.05, 3.63) is 59.7 Å². The molecule has 0 unspecified atom stereocenters. The number of hydrogen-bond acceptors (Lipinski definition) is 4. The zero-order valence-corrected chi connectivity index (χ0v) is 11.0. The Hall–Kier alpha value is -3.09. The second kappa shape index (κ2) is 5.36. The third kappa shape index (κ3) is 2.56. The summed E-state index contributed by atoms with van der Waals surface area (Å²) in [4.78, 5) is 14.9. The first kappa shape index (κ1) is 13.9. The molecular formula is C15H8F2N2O3. The number of carboxylic acid groups (broad SMARTS) is 1. The molecule has 7 heteroatoms. The molecule has 0 aliphatic heterocycles. The van der Waals surface area contributed by atoms with Gasteiger partial charge in [-0.3, -0.25) is 0 Å². The molecule has 0 radical (unpaired) electrons. The van der Waals surface area contributed by atoms with Gasteiger partial charge in [0.2, 0.25) is 5.82 Å². The molecule has 0 amide bonds. The molecule has 0 atom stereocenters. The van der Waals surface area contributed by atoms with Crippen LogP contribution in [-0.2, 0) is 0 Å². The van der Waals surface area contributed by atoms with E-state index >= 15 is 0 Å². The summed E-state index contributed by atoms with van der Waals surface area (Å²) in [5.74, 6) is -2.62. The van der Waals surface area contributed by atoms with Gasteiger partial charge in [-0.05, 0) is 30.3 Å². The van der Waals surface area contributed by atoms with Crippen molar-refractivity contribution in [1.29, 1.82) is 0 Å². The van der Waals surface area contributed by atoms with Gasteiger partial charge in [0.1, 0.15) is 11.6 Å². The van der Waals surface area contributed by atoms with Gasteiger partial charge < -0.3 is 9.63 Å². The summed E-state index contributed by atoms with van der Waals surface area (Å²) in [6.45, 7) is 0. The largest absolute Gasteiger partial charge is 0.478 e. The van der Waals surface area contributed by atoms with Crippen molar-refractivity contribution >= 4 is 5.97 Å². The second-order valence-electron chi connectivity index (χ2n) is 4.43. The average molecular weight is 302 g/mol. The smallest absolute Gasteiger partial charge is 0.335 e. The highest BCUT2D eigenvalue weighted by Crippen LogP contribution is 2.25. The van der Waals surface area contributed by atoms with Crippen LogP contribution in [0.4, 0.5) is 8.78 Å². The minimum Gasteiger partial charge on any atom is -0.478 e. The normalized spacial score (nSPS) is 10.6. The summed E-state index contributed by atoms with van der Waals surface area (Å²) in [6, 6.07) is 8.90. The van der Waals surface area contributed by atoms with E-state index in [9.17, 15) is 13.6 Å². The fourth-order valence-electron chi connectivity index (χ4n) is 1.91. The van der Waals surface area contributed by atoms with Gasteiger partial charge in [-0.1, -0.05) is 11.2 Å². The van der Waals surface area contributed by atoms with E-state index in [0.29, 0.717) is 5.56 Å². The van der Waals surface area contributed by atoms with Gasteiger partial charge in [0, 0.05) is 11.6 Å². The lowest BCUT2D eigenvalue weighted by Crippen LogP contribution is -1.95. The third-order valence-electron chi connectivity index (χ3n) is 2.95. The molecule has 3 aromatic rings. The SMILES string of the molecule is O=C(O)c1cccc(-c2nc(-c3ccc(F)cc3F)no2)c1. The fourth-order valence-corrected chi connectivity index (χ4v) is 1.91. The second-order valence-corrected chi connectivity index (χ2v) is 4.43. The van der Waals surface area contributed by atoms with Crippen LogP contribution in [0.2, 0.25) is 0 Å². The zero-order chi connectivity index (χ0) is 15.7. The van der Waals surface area contributed by atoms with E-state index in [0.717, 1.165) is 12.1 Å². The summed E-state index contributed by atoms with van der Waals surface area (Å²) in [5, 5.41) is 12.6. The van der Waals surface area contributed by atoms with Crippen LogP contribution >= 0.6 is 0 Å². The maximum Gasteiger partial charge on any atom is 0.335 e. The Labute approximate surface area is 122 Å². The molecule has 22 heavy (non-hydrogen) atoms. The van der Waals surface area contributed by atoms with Crippen LogP contribution in [0.3, 0.4) is 0 Å². The van der Waals surface area contributed by atoms with Gasteiger partial charge in [0.25, 0.3) is 5.89 Å². The number of halogens is 2. The topological polar surface area (TPSA) is 76.2 Å². The minimum absolute atomic E-state index is 0.00853. The third-order valence-corrected chi connectivity index (χ3v) is 2.95. The summed E-state index contributed by atoms with van der Waals surface area (Å²) < 4.78 is 31.6. The van der Waals surface area contributed by atoms with Crippen molar-refractivity contribution in [3.63, 3.8) is 0 Å². The molecule has 1 heterocycles. The van der Waals surface area contributed by atoms with Crippen molar-refractivity contribution in [2.45, 2.75) is 0 Å². The molecule has 0 aliphatic carbocycles. The average Bonchev–Trinajstić information content (AvgIpc) is 2.97. The molecule has 0 bridgehead atoms. The Morgan fingerprint density at radius 1 is 1.14 bits per heavy atom. The maximum absolute atomic E-state index is 13.7. The monoisotopic (exact) mass is 302 g/mol. The predicted molar refractivity (Wildman–Crippen MR) is 72.0 cm³/mol. The van der Waals surface area contributed by atoms with Crippen LogP contribution < -0.4 is 0 Å². The first-order valence-electron chi connectivity index (χ1n) is 6.17. The Morgan fingerprint density at radius 3 is 2.68 bits per heavy atom. The first-order valence-corrected chi connectivity index (χ1v) is 6.17. The van der Waals surface area contributed by atoms with Crippen molar-refractivity contribution in [2.24, 2.45) is 0 Å². The predicted octanol–water partition coefficient (Wildman–Crippen LogP) is 3.38. The molecule has 1 N–H and O–H groups in total. The lowest BCUT2D eigenvalue weighted by Gasteiger charge is -1.97. The quantitative estimate of drug-likeness (QED) is 0.802. The number of hydrogen-bond donors (Lipinski definition) is 1. The van der Waals surface area contributed by atoms with Gasteiger partial charge in [-0.25, -0.2) is 13.6 Å². The molecule has 0 fully saturated rings. The van der Waals surface area contributed by atoms with E-state index in [1.54, 1.807) is 6.07 Å². The highest BCUT2D eigenvalue weighted by atomic mass is 19.1. The van der Waals surface area contributed by atoms with Crippen LogP contribution in [0.15, 0.2) is 47.0 Å². The number of nitrogens with zero attached hydrogens (tertiary/aromatic N) is 2. The molecular weight excluding hydrogens is 294 g/mol. The molecule has 2 aromatic carbocycles. The number of carbonyl (C=O) groups is 1. The minimum atomic E-state index is -1.09. The number of carboxylic acids is 1. The van der Waals surface area contributed by atoms with Crippen molar-refractivity contribution < 1.29 is 23.2 Å². The molecule has 1 aromatic heterocycles. The summed E-state index contributed by atoms with van der Waals surface area (Å²) in [5.41, 5.74) is 0.442. The number of rotatable bonds is 3. The summed E-state index contributed by atoms with van der Waals surface area (Å²) in [7, 11) is 0. The Kier molecular flexibility index (Phi) is 3.38. The molecule has 0 aliphatic rings. The lowest BCUT2D eigenvalue weighted by atomic mass is 10.1. The van der Waals surface area contributed by atoms with Crippen LogP contribution in [0, 0.1) is 11.6 Å². The summed E-state index contributed by atoms with van der Waals surface area (Å²) >= 11 is 0. The summed E-state index contributed by atoms with van der Waals surface area (Å²) in [6.07, 6.45) is 0. The van der Waals surface area contributed by atoms with Crippen LogP contribution in [0.5, 0.6) is 0 Å². The molecule has 5 nitrogen and oxygen atoms in total. The zero-order valence-electron chi connectivity index (χ0n) is 11.0. The number of aromatic nitrogens is 2. The van der Waals surface area contributed by atoms with Crippen molar-refractivity contribution in [2.75, 3.05) is 0 Å². The first-order chi connectivity index (χ1) is 10.5. The van der Waals surface area contributed by atoms with E-state index in [4.69, 9.17) is 9.63 Å². The fraction of sp³-hybridized carbons (Fsp3) is 0.